The van der Waals surface area contributed by atoms with Gasteiger partial charge in [-0.2, -0.15) is 0 Å². The van der Waals surface area contributed by atoms with Crippen LogP contribution in [0.15, 0.2) is 24.5 Å². The van der Waals surface area contributed by atoms with Crippen molar-refractivity contribution in [1.29, 1.82) is 0 Å². The summed E-state index contributed by atoms with van der Waals surface area (Å²) in [5.74, 6) is 0.921. The highest BCUT2D eigenvalue weighted by atomic mass is 15.1. The molecule has 1 aliphatic rings. The van der Waals surface area contributed by atoms with Crippen molar-refractivity contribution >= 4 is 5.69 Å². The van der Waals surface area contributed by atoms with Crippen LogP contribution in [0.1, 0.15) is 19.8 Å². The molecule has 0 aromatic carbocycles. The van der Waals surface area contributed by atoms with E-state index < -0.39 is 0 Å². The predicted molar refractivity (Wildman–Crippen MR) is 67.6 cm³/mol. The molecule has 3 heteroatoms. The van der Waals surface area contributed by atoms with E-state index >= 15 is 0 Å². The summed E-state index contributed by atoms with van der Waals surface area (Å²) in [6.45, 7) is 7.05. The Morgan fingerprint density at radius 1 is 1.31 bits per heavy atom. The molecule has 3 nitrogen and oxygen atoms in total. The Hall–Kier alpha value is -1.09. The van der Waals surface area contributed by atoms with Gasteiger partial charge in [0.15, 0.2) is 0 Å². The smallest absolute Gasteiger partial charge is 0.0371 e. The maximum Gasteiger partial charge on any atom is 0.0371 e. The number of hydrogen-bond acceptors (Lipinski definition) is 3. The van der Waals surface area contributed by atoms with Crippen LogP contribution >= 0.6 is 0 Å². The van der Waals surface area contributed by atoms with Gasteiger partial charge in [-0.05, 0) is 44.0 Å². The van der Waals surface area contributed by atoms with Crippen LogP contribution in [-0.2, 0) is 0 Å². The zero-order chi connectivity index (χ0) is 11.2. The van der Waals surface area contributed by atoms with Crippen molar-refractivity contribution in [2.45, 2.75) is 19.8 Å². The van der Waals surface area contributed by atoms with Crippen LogP contribution in [0, 0.1) is 5.92 Å². The van der Waals surface area contributed by atoms with E-state index in [9.17, 15) is 0 Å². The van der Waals surface area contributed by atoms with Gasteiger partial charge >= 0.3 is 0 Å². The molecule has 1 aromatic heterocycles. The minimum atomic E-state index is 0.921. The first-order valence-electron chi connectivity index (χ1n) is 6.21. The van der Waals surface area contributed by atoms with E-state index in [0.29, 0.717) is 0 Å². The number of likely N-dealkylation sites (tertiary alicyclic amines) is 1. The van der Waals surface area contributed by atoms with Crippen LogP contribution in [0.25, 0.3) is 0 Å². The molecule has 1 aliphatic heterocycles. The van der Waals surface area contributed by atoms with Crippen molar-refractivity contribution in [2.24, 2.45) is 5.92 Å². The highest BCUT2D eigenvalue weighted by Gasteiger charge is 2.14. The Morgan fingerprint density at radius 3 is 2.69 bits per heavy atom. The topological polar surface area (TPSA) is 28.2 Å². The van der Waals surface area contributed by atoms with Crippen molar-refractivity contribution in [3.05, 3.63) is 24.5 Å². The lowest BCUT2D eigenvalue weighted by Gasteiger charge is -2.30. The van der Waals surface area contributed by atoms with E-state index in [2.05, 4.69) is 22.1 Å². The molecular formula is C13H21N3. The lowest BCUT2D eigenvalue weighted by atomic mass is 9.99. The average molecular weight is 219 g/mol. The lowest BCUT2D eigenvalue weighted by Crippen LogP contribution is -2.36. The molecule has 1 fully saturated rings. The molecule has 1 N–H and O–H groups in total. The second-order valence-corrected chi connectivity index (χ2v) is 4.69. The third-order valence-corrected chi connectivity index (χ3v) is 3.31. The van der Waals surface area contributed by atoms with Gasteiger partial charge in [0.05, 0.1) is 0 Å². The molecule has 16 heavy (non-hydrogen) atoms. The molecule has 0 saturated carbocycles. The molecule has 2 heterocycles. The number of aromatic nitrogens is 1. The van der Waals surface area contributed by atoms with Crippen LogP contribution < -0.4 is 5.32 Å². The van der Waals surface area contributed by atoms with E-state index in [4.69, 9.17) is 0 Å². The van der Waals surface area contributed by atoms with Gasteiger partial charge in [0, 0.05) is 31.2 Å². The van der Waals surface area contributed by atoms with E-state index in [1.807, 2.05) is 24.5 Å². The monoisotopic (exact) mass is 219 g/mol. The average Bonchev–Trinajstić information content (AvgIpc) is 2.33. The summed E-state index contributed by atoms with van der Waals surface area (Å²) in [6, 6.07) is 4.02. The number of nitrogens with one attached hydrogen (secondary N) is 1. The van der Waals surface area contributed by atoms with Crippen LogP contribution in [0.3, 0.4) is 0 Å². The van der Waals surface area contributed by atoms with Crippen molar-refractivity contribution in [3.8, 4) is 0 Å². The Labute approximate surface area is 97.9 Å². The molecule has 0 bridgehead atoms. The SMILES string of the molecule is CC1CCN(CCNc2ccncc2)CC1. The summed E-state index contributed by atoms with van der Waals surface area (Å²) in [4.78, 5) is 6.55. The van der Waals surface area contributed by atoms with Crippen LogP contribution in [0.5, 0.6) is 0 Å². The second-order valence-electron chi connectivity index (χ2n) is 4.69. The number of hydrogen-bond donors (Lipinski definition) is 1. The maximum absolute atomic E-state index is 4.00. The van der Waals surface area contributed by atoms with E-state index in [1.165, 1.54) is 31.6 Å². The summed E-state index contributed by atoms with van der Waals surface area (Å²) >= 11 is 0. The summed E-state index contributed by atoms with van der Waals surface area (Å²) in [5.41, 5.74) is 1.17. The van der Waals surface area contributed by atoms with Gasteiger partial charge in [-0.1, -0.05) is 6.92 Å². The van der Waals surface area contributed by atoms with Gasteiger partial charge in [-0.15, -0.1) is 0 Å². The number of piperidine rings is 1. The first kappa shape index (κ1) is 11.4. The van der Waals surface area contributed by atoms with Gasteiger partial charge < -0.3 is 10.2 Å². The van der Waals surface area contributed by atoms with Crippen LogP contribution in [0.2, 0.25) is 0 Å². The Balaban J connectivity index is 1.65. The first-order chi connectivity index (χ1) is 7.84. The summed E-state index contributed by atoms with van der Waals surface area (Å²) in [7, 11) is 0. The summed E-state index contributed by atoms with van der Waals surface area (Å²) < 4.78 is 0. The largest absolute Gasteiger partial charge is 0.384 e. The first-order valence-corrected chi connectivity index (χ1v) is 6.21. The maximum atomic E-state index is 4.00. The molecular weight excluding hydrogens is 198 g/mol. The number of anilines is 1. The van der Waals surface area contributed by atoms with E-state index in [0.717, 1.165) is 19.0 Å². The number of nitrogens with zero attached hydrogens (tertiary/aromatic N) is 2. The normalized spacial score (nSPS) is 18.6. The van der Waals surface area contributed by atoms with Gasteiger partial charge in [-0.3, -0.25) is 4.98 Å². The zero-order valence-electron chi connectivity index (χ0n) is 10.0. The minimum Gasteiger partial charge on any atom is -0.384 e. The molecule has 88 valence electrons. The standard InChI is InChI=1S/C13H21N3/c1-12-4-9-16(10-5-12)11-8-15-13-2-6-14-7-3-13/h2-3,6-7,12H,4-5,8-11H2,1H3,(H,14,15). The molecule has 0 unspecified atom stereocenters. The van der Waals surface area contributed by atoms with Gasteiger partial charge in [0.25, 0.3) is 0 Å². The number of pyridine rings is 1. The molecule has 0 aliphatic carbocycles. The molecule has 0 atom stereocenters. The van der Waals surface area contributed by atoms with Gasteiger partial charge in [0.1, 0.15) is 0 Å². The quantitative estimate of drug-likeness (QED) is 0.841. The predicted octanol–water partition coefficient (Wildman–Crippen LogP) is 2.23. The Morgan fingerprint density at radius 2 is 2.00 bits per heavy atom. The zero-order valence-corrected chi connectivity index (χ0v) is 10.0. The molecule has 0 spiro atoms. The van der Waals surface area contributed by atoms with Crippen molar-refractivity contribution in [1.82, 2.24) is 9.88 Å². The number of rotatable bonds is 4. The van der Waals surface area contributed by atoms with Gasteiger partial charge in [0.2, 0.25) is 0 Å². The molecule has 2 rings (SSSR count). The van der Waals surface area contributed by atoms with Gasteiger partial charge in [-0.25, -0.2) is 0 Å². The van der Waals surface area contributed by atoms with Crippen molar-refractivity contribution in [3.63, 3.8) is 0 Å². The van der Waals surface area contributed by atoms with Crippen molar-refractivity contribution < 1.29 is 0 Å². The fourth-order valence-electron chi connectivity index (χ4n) is 2.11. The van der Waals surface area contributed by atoms with Crippen molar-refractivity contribution in [2.75, 3.05) is 31.5 Å². The third-order valence-electron chi connectivity index (χ3n) is 3.31. The Bertz CT molecular complexity index is 291. The van der Waals surface area contributed by atoms with E-state index in [-0.39, 0.29) is 0 Å². The second kappa shape index (κ2) is 5.85. The lowest BCUT2D eigenvalue weighted by molar-refractivity contribution is 0.199. The molecule has 0 amide bonds. The molecule has 0 radical (unpaired) electrons. The fraction of sp³-hybridized carbons (Fsp3) is 0.615. The fourth-order valence-corrected chi connectivity index (χ4v) is 2.11. The Kier molecular flexibility index (Phi) is 4.17. The highest BCUT2D eigenvalue weighted by Crippen LogP contribution is 2.15. The molecule has 1 saturated heterocycles. The van der Waals surface area contributed by atoms with Crippen LogP contribution in [0.4, 0.5) is 5.69 Å². The summed E-state index contributed by atoms with van der Waals surface area (Å²) in [5, 5.41) is 3.42. The molecule has 1 aromatic rings. The summed E-state index contributed by atoms with van der Waals surface area (Å²) in [6.07, 6.45) is 6.36. The van der Waals surface area contributed by atoms with Crippen LogP contribution in [-0.4, -0.2) is 36.1 Å². The minimum absolute atomic E-state index is 0.921. The third kappa shape index (κ3) is 3.49. The van der Waals surface area contributed by atoms with E-state index in [1.54, 1.807) is 0 Å². The highest BCUT2D eigenvalue weighted by molar-refractivity contribution is 5.40.